The zero-order chi connectivity index (χ0) is 16.0. The fraction of sp³-hybridized carbons (Fsp3) is 0. The van der Waals surface area contributed by atoms with Crippen LogP contribution < -0.4 is 5.56 Å². The van der Waals surface area contributed by atoms with E-state index in [4.69, 9.17) is 0 Å². The van der Waals surface area contributed by atoms with Gasteiger partial charge in [0.2, 0.25) is 0 Å². The van der Waals surface area contributed by atoms with Gasteiger partial charge in [0, 0.05) is 12.1 Å². The first kappa shape index (κ1) is 13.1. The summed E-state index contributed by atoms with van der Waals surface area (Å²) in [7, 11) is 0. The molecule has 0 aliphatic heterocycles. The van der Waals surface area contributed by atoms with Crippen LogP contribution in [0.25, 0.3) is 27.6 Å². The van der Waals surface area contributed by atoms with E-state index in [9.17, 15) is 14.9 Å². The summed E-state index contributed by atoms with van der Waals surface area (Å²) in [6, 6.07) is 9.71. The van der Waals surface area contributed by atoms with Crippen molar-refractivity contribution in [3.05, 3.63) is 63.2 Å². The molecule has 0 saturated heterocycles. The maximum Gasteiger partial charge on any atom is 0.272 e. The number of hydrogen-bond donors (Lipinski definition) is 1. The molecule has 2 aromatic carbocycles. The number of nitrogens with one attached hydrogen (secondary N) is 1. The summed E-state index contributed by atoms with van der Waals surface area (Å²) >= 11 is 0. The molecule has 0 aliphatic carbocycles. The van der Waals surface area contributed by atoms with Crippen LogP contribution in [0.4, 0.5) is 5.69 Å². The zero-order valence-electron chi connectivity index (χ0n) is 11.5. The van der Waals surface area contributed by atoms with Crippen LogP contribution in [0.2, 0.25) is 0 Å². The first-order chi connectivity index (χ1) is 11.1. The van der Waals surface area contributed by atoms with Crippen molar-refractivity contribution in [1.29, 1.82) is 0 Å². The summed E-state index contributed by atoms with van der Waals surface area (Å²) in [4.78, 5) is 29.1. The lowest BCUT2D eigenvalue weighted by atomic mass is 10.2. The molecule has 0 amide bonds. The molecule has 4 rings (SSSR count). The van der Waals surface area contributed by atoms with Gasteiger partial charge in [0.25, 0.3) is 11.2 Å². The maximum absolute atomic E-state index is 12.0. The fourth-order valence-electron chi connectivity index (χ4n) is 2.46. The number of H-pyrrole nitrogens is 1. The van der Waals surface area contributed by atoms with Crippen LogP contribution in [0.1, 0.15) is 0 Å². The summed E-state index contributed by atoms with van der Waals surface area (Å²) < 4.78 is 1.44. The highest BCUT2D eigenvalue weighted by Crippen LogP contribution is 2.26. The van der Waals surface area contributed by atoms with E-state index in [-0.39, 0.29) is 11.1 Å². The van der Waals surface area contributed by atoms with Crippen LogP contribution in [-0.2, 0) is 0 Å². The monoisotopic (exact) mass is 308 g/mol. The Bertz CT molecular complexity index is 1130. The quantitative estimate of drug-likeness (QED) is 0.443. The van der Waals surface area contributed by atoms with Gasteiger partial charge in [-0.3, -0.25) is 14.9 Å². The number of rotatable bonds is 2. The van der Waals surface area contributed by atoms with Gasteiger partial charge in [-0.05, 0) is 12.1 Å². The van der Waals surface area contributed by atoms with Crippen molar-refractivity contribution in [2.24, 2.45) is 0 Å². The Labute approximate surface area is 127 Å². The van der Waals surface area contributed by atoms with Gasteiger partial charge in [-0.25, -0.2) is 9.67 Å². The highest BCUT2D eigenvalue weighted by atomic mass is 16.6. The topological polar surface area (TPSA) is 120 Å². The van der Waals surface area contributed by atoms with Gasteiger partial charge < -0.3 is 4.98 Å². The summed E-state index contributed by atoms with van der Waals surface area (Å²) in [6.45, 7) is 0. The highest BCUT2D eigenvalue weighted by Gasteiger charge is 2.18. The summed E-state index contributed by atoms with van der Waals surface area (Å²) in [6.07, 6.45) is 1.25. The molecule has 9 heteroatoms. The molecule has 0 fully saturated rings. The molecule has 0 saturated carbocycles. The second-order valence-corrected chi connectivity index (χ2v) is 4.84. The van der Waals surface area contributed by atoms with Gasteiger partial charge in [0.05, 0.1) is 22.2 Å². The van der Waals surface area contributed by atoms with Crippen molar-refractivity contribution in [2.45, 2.75) is 0 Å². The number of hydrogen-bond acceptors (Lipinski definition) is 6. The average Bonchev–Trinajstić information content (AvgIpc) is 2.98. The third-order valence-corrected chi connectivity index (χ3v) is 3.50. The summed E-state index contributed by atoms with van der Waals surface area (Å²) in [5, 5.41) is 19.4. The third-order valence-electron chi connectivity index (χ3n) is 3.50. The van der Waals surface area contributed by atoms with Crippen molar-refractivity contribution in [1.82, 2.24) is 25.0 Å². The Morgan fingerprint density at radius 1 is 1.22 bits per heavy atom. The zero-order valence-corrected chi connectivity index (χ0v) is 11.5. The Balaban J connectivity index is 2.16. The Morgan fingerprint density at radius 3 is 2.87 bits per heavy atom. The SMILES string of the molecule is O=c1[nH]cnc2c(-n3nnc4ccccc43)cc([N+](=O)[O-])cc12. The Morgan fingerprint density at radius 2 is 2.04 bits per heavy atom. The predicted molar refractivity (Wildman–Crippen MR) is 81.4 cm³/mol. The number of nitro benzene ring substituents is 1. The maximum atomic E-state index is 12.0. The predicted octanol–water partition coefficient (Wildman–Crippen LogP) is 1.57. The lowest BCUT2D eigenvalue weighted by Gasteiger charge is -2.06. The molecule has 0 spiro atoms. The van der Waals surface area contributed by atoms with E-state index >= 15 is 0 Å². The van der Waals surface area contributed by atoms with Crippen molar-refractivity contribution in [3.8, 4) is 5.69 Å². The minimum Gasteiger partial charge on any atom is -0.313 e. The smallest absolute Gasteiger partial charge is 0.272 e. The van der Waals surface area contributed by atoms with E-state index in [0.29, 0.717) is 22.2 Å². The van der Waals surface area contributed by atoms with E-state index in [0.717, 1.165) is 0 Å². The molecule has 1 N–H and O–H groups in total. The number of para-hydroxylation sites is 1. The number of non-ortho nitro benzene ring substituents is 1. The molecule has 2 heterocycles. The third kappa shape index (κ3) is 1.94. The number of aromatic amines is 1. The number of aromatic nitrogens is 5. The molecule has 0 unspecified atom stereocenters. The van der Waals surface area contributed by atoms with Gasteiger partial charge in [0.1, 0.15) is 16.7 Å². The lowest BCUT2D eigenvalue weighted by Crippen LogP contribution is -2.10. The van der Waals surface area contributed by atoms with Gasteiger partial charge >= 0.3 is 0 Å². The first-order valence-electron chi connectivity index (χ1n) is 6.62. The van der Waals surface area contributed by atoms with E-state index in [1.54, 1.807) is 12.1 Å². The highest BCUT2D eigenvalue weighted by molar-refractivity contribution is 5.90. The molecule has 4 aromatic rings. The lowest BCUT2D eigenvalue weighted by molar-refractivity contribution is -0.384. The molecule has 0 atom stereocenters. The normalized spacial score (nSPS) is 11.1. The van der Waals surface area contributed by atoms with Crippen LogP contribution in [-0.4, -0.2) is 29.9 Å². The Hall–Kier alpha value is -3.62. The van der Waals surface area contributed by atoms with E-state index in [1.165, 1.54) is 23.1 Å². The second kappa shape index (κ2) is 4.70. The Kier molecular flexibility index (Phi) is 2.67. The molecule has 0 radical (unpaired) electrons. The summed E-state index contributed by atoms with van der Waals surface area (Å²) in [5.74, 6) is 0. The number of nitrogens with zero attached hydrogens (tertiary/aromatic N) is 5. The van der Waals surface area contributed by atoms with Crippen LogP contribution in [0.3, 0.4) is 0 Å². The van der Waals surface area contributed by atoms with Gasteiger partial charge in [0.15, 0.2) is 0 Å². The molecular weight excluding hydrogens is 300 g/mol. The molecule has 112 valence electrons. The van der Waals surface area contributed by atoms with Gasteiger partial charge in [-0.1, -0.05) is 17.3 Å². The first-order valence-corrected chi connectivity index (χ1v) is 6.62. The van der Waals surface area contributed by atoms with Crippen LogP contribution in [0.5, 0.6) is 0 Å². The molecular formula is C14H8N6O3. The fourth-order valence-corrected chi connectivity index (χ4v) is 2.46. The number of fused-ring (bicyclic) bond motifs is 2. The minimum absolute atomic E-state index is 0.122. The van der Waals surface area contributed by atoms with Gasteiger partial charge in [-0.15, -0.1) is 5.10 Å². The van der Waals surface area contributed by atoms with Crippen molar-refractivity contribution in [3.63, 3.8) is 0 Å². The molecule has 23 heavy (non-hydrogen) atoms. The largest absolute Gasteiger partial charge is 0.313 e. The van der Waals surface area contributed by atoms with Crippen molar-refractivity contribution < 1.29 is 4.92 Å². The van der Waals surface area contributed by atoms with E-state index in [2.05, 4.69) is 20.3 Å². The van der Waals surface area contributed by atoms with Crippen molar-refractivity contribution >= 4 is 27.6 Å². The number of benzene rings is 2. The molecule has 9 nitrogen and oxygen atoms in total. The minimum atomic E-state index is -0.561. The van der Waals surface area contributed by atoms with Gasteiger partial charge in [-0.2, -0.15) is 0 Å². The van der Waals surface area contributed by atoms with Crippen molar-refractivity contribution in [2.75, 3.05) is 0 Å². The average molecular weight is 308 g/mol. The second-order valence-electron chi connectivity index (χ2n) is 4.84. The van der Waals surface area contributed by atoms with Crippen LogP contribution in [0, 0.1) is 10.1 Å². The summed E-state index contributed by atoms with van der Waals surface area (Å²) in [5.41, 5.74) is 1.27. The standard InChI is InChI=1S/C14H8N6O3/c21-14-9-5-8(20(22)23)6-12(13(9)15-7-16-14)19-11-4-2-1-3-10(11)17-18-19/h1-7H,(H,15,16,21). The number of nitro groups is 1. The van der Waals surface area contributed by atoms with E-state index < -0.39 is 10.5 Å². The molecule has 0 aliphatic rings. The molecule has 2 aromatic heterocycles. The van der Waals surface area contributed by atoms with Crippen LogP contribution in [0.15, 0.2) is 47.5 Å². The molecule has 0 bridgehead atoms. The van der Waals surface area contributed by atoms with E-state index in [1.807, 2.05) is 12.1 Å². The van der Waals surface area contributed by atoms with Crippen LogP contribution >= 0.6 is 0 Å².